The third kappa shape index (κ3) is 1.36. The van der Waals surface area contributed by atoms with Gasteiger partial charge in [0.1, 0.15) is 5.52 Å². The smallest absolute Gasteiger partial charge is 0.259 e. The maximum absolute atomic E-state index is 11.8. The summed E-state index contributed by atoms with van der Waals surface area (Å²) >= 11 is 0. The Labute approximate surface area is 95.7 Å². The Hall–Kier alpha value is -2.43. The van der Waals surface area contributed by atoms with Gasteiger partial charge in [0.25, 0.3) is 5.56 Å². The molecule has 2 heterocycles. The van der Waals surface area contributed by atoms with Crippen molar-refractivity contribution in [1.82, 2.24) is 14.8 Å². The molecule has 2 aromatic heterocycles. The molecule has 1 aromatic carbocycles. The summed E-state index contributed by atoms with van der Waals surface area (Å²) < 4.78 is 1.19. The first-order chi connectivity index (χ1) is 8.16. The molecule has 0 spiro atoms. The lowest BCUT2D eigenvalue weighted by molar-refractivity contribution is 0.0922. The number of nitrogens with one attached hydrogen (secondary N) is 1. The lowest BCUT2D eigenvalue weighted by atomic mass is 10.2. The zero-order valence-corrected chi connectivity index (χ0v) is 9.10. The molecule has 0 bridgehead atoms. The molecule has 3 aromatic rings. The lowest BCUT2D eigenvalue weighted by Gasteiger charge is -1.96. The topological polar surface area (TPSA) is 67.8 Å². The first kappa shape index (κ1) is 9.77. The van der Waals surface area contributed by atoms with Crippen LogP contribution in [-0.4, -0.2) is 20.7 Å². The molecule has 5 heteroatoms. The Balaban J connectivity index is 2.56. The summed E-state index contributed by atoms with van der Waals surface area (Å²) in [6.07, 6.45) is 1.46. The van der Waals surface area contributed by atoms with Gasteiger partial charge >= 0.3 is 0 Å². The van der Waals surface area contributed by atoms with Crippen molar-refractivity contribution < 1.29 is 4.79 Å². The standard InChI is InChI=1S/C12H9N3O2/c1-7(16)15-6-9-11(14-15)8-4-2-3-5-10(8)13-12(9)17/h2-6H,1H3,(H,13,17). The van der Waals surface area contributed by atoms with Crippen LogP contribution in [-0.2, 0) is 0 Å². The molecule has 0 aliphatic rings. The Morgan fingerprint density at radius 2 is 2.06 bits per heavy atom. The van der Waals surface area contributed by atoms with Crippen molar-refractivity contribution in [2.75, 3.05) is 0 Å². The molecule has 5 nitrogen and oxygen atoms in total. The van der Waals surface area contributed by atoms with Crippen LogP contribution in [0.3, 0.4) is 0 Å². The number of hydrogen-bond donors (Lipinski definition) is 1. The zero-order chi connectivity index (χ0) is 12.0. The molecule has 0 aliphatic carbocycles. The van der Waals surface area contributed by atoms with Gasteiger partial charge in [-0.2, -0.15) is 5.10 Å². The Kier molecular flexibility index (Phi) is 1.89. The van der Waals surface area contributed by atoms with E-state index in [1.165, 1.54) is 17.8 Å². The molecule has 3 rings (SSSR count). The van der Waals surface area contributed by atoms with Crippen LogP contribution in [0.1, 0.15) is 11.7 Å². The molecule has 0 radical (unpaired) electrons. The maximum Gasteiger partial charge on any atom is 0.259 e. The van der Waals surface area contributed by atoms with Crippen LogP contribution < -0.4 is 5.56 Å². The molecule has 84 valence electrons. The van der Waals surface area contributed by atoms with Gasteiger partial charge in [-0.3, -0.25) is 9.59 Å². The van der Waals surface area contributed by atoms with Crippen molar-refractivity contribution in [3.05, 3.63) is 40.8 Å². The van der Waals surface area contributed by atoms with Crippen LogP contribution in [0.25, 0.3) is 21.8 Å². The number of pyridine rings is 1. The summed E-state index contributed by atoms with van der Waals surface area (Å²) in [5.41, 5.74) is 1.05. The molecule has 0 atom stereocenters. The molecule has 0 fully saturated rings. The fourth-order valence-electron chi connectivity index (χ4n) is 1.89. The van der Waals surface area contributed by atoms with Gasteiger partial charge in [-0.05, 0) is 6.07 Å². The van der Waals surface area contributed by atoms with Gasteiger partial charge in [0.15, 0.2) is 0 Å². The number of para-hydroxylation sites is 1. The minimum Gasteiger partial charge on any atom is -0.321 e. The highest BCUT2D eigenvalue weighted by atomic mass is 16.2. The third-order valence-electron chi connectivity index (χ3n) is 2.71. The largest absolute Gasteiger partial charge is 0.321 e. The number of fused-ring (bicyclic) bond motifs is 3. The van der Waals surface area contributed by atoms with Crippen molar-refractivity contribution in [1.29, 1.82) is 0 Å². The van der Waals surface area contributed by atoms with Gasteiger partial charge in [-0.25, -0.2) is 4.68 Å². The summed E-state index contributed by atoms with van der Waals surface area (Å²) in [6, 6.07) is 7.38. The SMILES string of the molecule is CC(=O)n1cc2c(=O)[nH]c3ccccc3c2n1. The Morgan fingerprint density at radius 3 is 2.82 bits per heavy atom. The Morgan fingerprint density at radius 1 is 1.29 bits per heavy atom. The normalized spacial score (nSPS) is 11.1. The minimum atomic E-state index is -0.230. The summed E-state index contributed by atoms with van der Waals surface area (Å²) in [7, 11) is 0. The van der Waals surface area contributed by atoms with Crippen LogP contribution in [0, 0.1) is 0 Å². The lowest BCUT2D eigenvalue weighted by Crippen LogP contribution is -2.05. The first-order valence-electron chi connectivity index (χ1n) is 5.18. The van der Waals surface area contributed by atoms with Crippen LogP contribution in [0.4, 0.5) is 0 Å². The number of rotatable bonds is 0. The van der Waals surface area contributed by atoms with Crippen LogP contribution >= 0.6 is 0 Å². The molecule has 0 saturated carbocycles. The quantitative estimate of drug-likeness (QED) is 0.633. The molecular formula is C12H9N3O2. The van der Waals surface area contributed by atoms with Gasteiger partial charge < -0.3 is 4.98 Å². The number of carbonyl (C=O) groups excluding carboxylic acids is 1. The molecule has 0 saturated heterocycles. The predicted octanol–water partition coefficient (Wildman–Crippen LogP) is 1.54. The van der Waals surface area contributed by atoms with Crippen LogP contribution in [0.5, 0.6) is 0 Å². The second kappa shape index (κ2) is 3.28. The third-order valence-corrected chi connectivity index (χ3v) is 2.71. The summed E-state index contributed by atoms with van der Waals surface area (Å²) in [6.45, 7) is 1.41. The first-order valence-corrected chi connectivity index (χ1v) is 5.18. The highest BCUT2D eigenvalue weighted by molar-refractivity contribution is 6.03. The average Bonchev–Trinajstić information content (AvgIpc) is 2.75. The van der Waals surface area contributed by atoms with E-state index in [9.17, 15) is 9.59 Å². The summed E-state index contributed by atoms with van der Waals surface area (Å²) in [5, 5.41) is 5.41. The maximum atomic E-state index is 11.8. The van der Waals surface area contributed by atoms with E-state index in [4.69, 9.17) is 0 Å². The van der Waals surface area contributed by atoms with E-state index in [2.05, 4.69) is 10.1 Å². The van der Waals surface area contributed by atoms with E-state index >= 15 is 0 Å². The van der Waals surface area contributed by atoms with Gasteiger partial charge in [-0.1, -0.05) is 18.2 Å². The van der Waals surface area contributed by atoms with E-state index in [0.29, 0.717) is 10.9 Å². The van der Waals surface area contributed by atoms with E-state index in [1.54, 1.807) is 0 Å². The number of hydrogen-bond acceptors (Lipinski definition) is 3. The average molecular weight is 227 g/mol. The second-order valence-corrected chi connectivity index (χ2v) is 3.85. The highest BCUT2D eigenvalue weighted by Crippen LogP contribution is 2.18. The molecule has 1 N–H and O–H groups in total. The van der Waals surface area contributed by atoms with E-state index in [1.807, 2.05) is 24.3 Å². The number of H-pyrrole nitrogens is 1. The number of carbonyl (C=O) groups is 1. The van der Waals surface area contributed by atoms with Crippen molar-refractivity contribution in [2.45, 2.75) is 6.92 Å². The van der Waals surface area contributed by atoms with Crippen molar-refractivity contribution in [3.8, 4) is 0 Å². The highest BCUT2D eigenvalue weighted by Gasteiger charge is 2.10. The van der Waals surface area contributed by atoms with E-state index < -0.39 is 0 Å². The predicted molar refractivity (Wildman–Crippen MR) is 64.2 cm³/mol. The molecular weight excluding hydrogens is 218 g/mol. The second-order valence-electron chi connectivity index (χ2n) is 3.85. The minimum absolute atomic E-state index is 0.218. The summed E-state index contributed by atoms with van der Waals surface area (Å²) in [4.78, 5) is 25.8. The van der Waals surface area contributed by atoms with Gasteiger partial charge in [0.2, 0.25) is 5.91 Å². The van der Waals surface area contributed by atoms with E-state index in [-0.39, 0.29) is 11.5 Å². The molecule has 0 unspecified atom stereocenters. The number of benzene rings is 1. The Bertz CT molecular complexity index is 798. The fraction of sp³-hybridized carbons (Fsp3) is 0.0833. The number of nitrogens with zero attached hydrogens (tertiary/aromatic N) is 2. The van der Waals surface area contributed by atoms with Crippen LogP contribution in [0.2, 0.25) is 0 Å². The fourth-order valence-corrected chi connectivity index (χ4v) is 1.89. The van der Waals surface area contributed by atoms with Gasteiger partial charge in [0, 0.05) is 18.5 Å². The molecule has 0 aliphatic heterocycles. The monoisotopic (exact) mass is 227 g/mol. The van der Waals surface area contributed by atoms with Crippen molar-refractivity contribution >= 4 is 27.7 Å². The number of aromatic nitrogens is 3. The van der Waals surface area contributed by atoms with Crippen molar-refractivity contribution in [3.63, 3.8) is 0 Å². The van der Waals surface area contributed by atoms with Gasteiger partial charge in [0.05, 0.1) is 10.9 Å². The van der Waals surface area contributed by atoms with Crippen LogP contribution in [0.15, 0.2) is 35.3 Å². The molecule has 0 amide bonds. The number of aromatic amines is 1. The van der Waals surface area contributed by atoms with E-state index in [0.717, 1.165) is 10.9 Å². The van der Waals surface area contributed by atoms with Gasteiger partial charge in [-0.15, -0.1) is 0 Å². The van der Waals surface area contributed by atoms with Crippen molar-refractivity contribution in [2.24, 2.45) is 0 Å². The molecule has 17 heavy (non-hydrogen) atoms. The zero-order valence-electron chi connectivity index (χ0n) is 9.10. The summed E-state index contributed by atoms with van der Waals surface area (Å²) in [5.74, 6) is -0.218.